The van der Waals surface area contributed by atoms with Crippen LogP contribution in [0.3, 0.4) is 0 Å². The number of carboxylic acid groups (broad SMARTS) is 1. The lowest BCUT2D eigenvalue weighted by Gasteiger charge is -2.09. The van der Waals surface area contributed by atoms with Gasteiger partial charge in [-0.2, -0.15) is 5.10 Å². The van der Waals surface area contributed by atoms with Gasteiger partial charge >= 0.3 is 5.97 Å². The fourth-order valence-corrected chi connectivity index (χ4v) is 1.92. The number of hydrogen-bond donors (Lipinski definition) is 2. The molecule has 0 fully saturated rings. The molecule has 19 heavy (non-hydrogen) atoms. The molecule has 0 unspecified atom stereocenters. The van der Waals surface area contributed by atoms with Crippen LogP contribution in [0.1, 0.15) is 23.1 Å². The van der Waals surface area contributed by atoms with Gasteiger partial charge in [0.1, 0.15) is 11.4 Å². The van der Waals surface area contributed by atoms with Crippen LogP contribution in [0.15, 0.2) is 23.1 Å². The molecule has 0 spiro atoms. The average molecular weight is 263 g/mol. The Bertz CT molecular complexity index is 699. The molecule has 2 N–H and O–H groups in total. The van der Waals surface area contributed by atoms with E-state index in [4.69, 9.17) is 5.11 Å². The molecule has 2 aromatic rings. The van der Waals surface area contributed by atoms with E-state index in [2.05, 4.69) is 5.10 Å². The van der Waals surface area contributed by atoms with E-state index in [9.17, 15) is 14.7 Å². The third-order valence-electron chi connectivity index (χ3n) is 2.70. The van der Waals surface area contributed by atoms with Crippen molar-refractivity contribution in [3.05, 3.63) is 40.1 Å². The minimum absolute atomic E-state index is 0.298. The Morgan fingerprint density at radius 3 is 2.68 bits per heavy atom. The van der Waals surface area contributed by atoms with Crippen molar-refractivity contribution in [1.82, 2.24) is 14.3 Å². The Labute approximate surface area is 108 Å². The lowest BCUT2D eigenvalue weighted by Crippen LogP contribution is -2.24. The van der Waals surface area contributed by atoms with Gasteiger partial charge in [-0.1, -0.05) is 6.92 Å². The molecule has 0 radical (unpaired) electrons. The average Bonchev–Trinajstić information content (AvgIpc) is 2.69. The number of aromatic carboxylic acids is 1. The molecule has 0 aromatic carbocycles. The highest BCUT2D eigenvalue weighted by molar-refractivity contribution is 5.87. The molecule has 0 aliphatic heterocycles. The zero-order chi connectivity index (χ0) is 14.2. The number of hydrogen-bond acceptors (Lipinski definition) is 4. The standard InChI is InChI=1S/C12H13N3O4/c1-3-8-10(6-14(2)13-8)15-9(12(18)19)4-7(16)5-11(15)17/h4-6,16H,3H2,1-2H3,(H,18,19). The van der Waals surface area contributed by atoms with E-state index in [0.717, 1.165) is 16.7 Å². The van der Waals surface area contributed by atoms with Crippen LogP contribution in [-0.2, 0) is 13.5 Å². The highest BCUT2D eigenvalue weighted by Gasteiger charge is 2.18. The van der Waals surface area contributed by atoms with Gasteiger partial charge in [-0.25, -0.2) is 4.79 Å². The second-order valence-corrected chi connectivity index (χ2v) is 4.07. The maximum atomic E-state index is 11.9. The quantitative estimate of drug-likeness (QED) is 0.842. The predicted octanol–water partition coefficient (Wildman–Crippen LogP) is 0.537. The van der Waals surface area contributed by atoms with Crippen molar-refractivity contribution in [2.45, 2.75) is 13.3 Å². The van der Waals surface area contributed by atoms with Gasteiger partial charge in [-0.3, -0.25) is 14.0 Å². The van der Waals surface area contributed by atoms with Gasteiger partial charge in [-0.05, 0) is 6.42 Å². The number of nitrogens with zero attached hydrogens (tertiary/aromatic N) is 3. The van der Waals surface area contributed by atoms with Crippen LogP contribution >= 0.6 is 0 Å². The fraction of sp³-hybridized carbons (Fsp3) is 0.250. The minimum Gasteiger partial charge on any atom is -0.508 e. The highest BCUT2D eigenvalue weighted by Crippen LogP contribution is 2.17. The van der Waals surface area contributed by atoms with Crippen molar-refractivity contribution in [3.8, 4) is 11.4 Å². The maximum Gasteiger partial charge on any atom is 0.353 e. The van der Waals surface area contributed by atoms with E-state index in [1.54, 1.807) is 13.2 Å². The number of carbonyl (C=O) groups is 1. The molecular formula is C12H13N3O4. The normalized spacial score (nSPS) is 10.6. The van der Waals surface area contributed by atoms with Crippen LogP contribution in [-0.4, -0.2) is 30.5 Å². The van der Waals surface area contributed by atoms with Crippen LogP contribution in [0.4, 0.5) is 0 Å². The second kappa shape index (κ2) is 4.60. The summed E-state index contributed by atoms with van der Waals surface area (Å²) in [7, 11) is 1.69. The minimum atomic E-state index is -1.29. The van der Waals surface area contributed by atoms with Crippen LogP contribution in [0.2, 0.25) is 0 Å². The van der Waals surface area contributed by atoms with Crippen LogP contribution in [0, 0.1) is 0 Å². The van der Waals surface area contributed by atoms with E-state index in [1.165, 1.54) is 4.68 Å². The summed E-state index contributed by atoms with van der Waals surface area (Å²) in [5.74, 6) is -1.67. The van der Waals surface area contributed by atoms with Gasteiger partial charge in [0.15, 0.2) is 0 Å². The third-order valence-corrected chi connectivity index (χ3v) is 2.70. The van der Waals surface area contributed by atoms with Crippen molar-refractivity contribution in [1.29, 1.82) is 0 Å². The largest absolute Gasteiger partial charge is 0.508 e. The summed E-state index contributed by atoms with van der Waals surface area (Å²) in [5, 5.41) is 22.7. The number of rotatable bonds is 3. The maximum absolute atomic E-state index is 11.9. The summed E-state index contributed by atoms with van der Waals surface area (Å²) in [6.45, 7) is 1.86. The summed E-state index contributed by atoms with van der Waals surface area (Å²) in [5.41, 5.74) is 0.109. The van der Waals surface area contributed by atoms with Crippen LogP contribution in [0.25, 0.3) is 5.69 Å². The van der Waals surface area contributed by atoms with Crippen molar-refractivity contribution >= 4 is 5.97 Å². The van der Waals surface area contributed by atoms with Crippen molar-refractivity contribution in [2.24, 2.45) is 7.05 Å². The molecule has 2 rings (SSSR count). The summed E-state index contributed by atoms with van der Waals surface area (Å²) in [6, 6.07) is 2.01. The monoisotopic (exact) mass is 263 g/mol. The summed E-state index contributed by atoms with van der Waals surface area (Å²) < 4.78 is 2.55. The lowest BCUT2D eigenvalue weighted by molar-refractivity contribution is 0.0686. The molecule has 0 amide bonds. The topological polar surface area (TPSA) is 97.3 Å². The zero-order valence-corrected chi connectivity index (χ0v) is 10.5. The molecule has 0 saturated heterocycles. The van der Waals surface area contributed by atoms with E-state index >= 15 is 0 Å². The van der Waals surface area contributed by atoms with E-state index < -0.39 is 11.5 Å². The van der Waals surface area contributed by atoms with Gasteiger partial charge in [0, 0.05) is 25.4 Å². The first-order valence-corrected chi connectivity index (χ1v) is 5.66. The third kappa shape index (κ3) is 2.22. The molecule has 100 valence electrons. The number of aromatic hydroxyl groups is 1. The van der Waals surface area contributed by atoms with Crippen LogP contribution in [0.5, 0.6) is 5.75 Å². The van der Waals surface area contributed by atoms with Crippen LogP contribution < -0.4 is 5.56 Å². The molecule has 7 heteroatoms. The Morgan fingerprint density at radius 1 is 1.42 bits per heavy atom. The molecule has 0 aliphatic rings. The number of aryl methyl sites for hydroxylation is 2. The molecule has 2 heterocycles. The molecule has 0 aliphatic carbocycles. The SMILES string of the molecule is CCc1nn(C)cc1-n1c(C(=O)O)cc(O)cc1=O. The highest BCUT2D eigenvalue weighted by atomic mass is 16.4. The lowest BCUT2D eigenvalue weighted by atomic mass is 10.2. The van der Waals surface area contributed by atoms with Gasteiger partial charge in [-0.15, -0.1) is 0 Å². The van der Waals surface area contributed by atoms with Crippen molar-refractivity contribution < 1.29 is 15.0 Å². The summed E-state index contributed by atoms with van der Waals surface area (Å²) in [6.07, 6.45) is 2.13. The van der Waals surface area contributed by atoms with Crippen molar-refractivity contribution in [3.63, 3.8) is 0 Å². The molecule has 0 bridgehead atoms. The summed E-state index contributed by atoms with van der Waals surface area (Å²) >= 11 is 0. The first-order valence-electron chi connectivity index (χ1n) is 5.66. The molecule has 7 nitrogen and oxygen atoms in total. The Balaban J connectivity index is 2.81. The Hall–Kier alpha value is -2.57. The van der Waals surface area contributed by atoms with Gasteiger partial charge in [0.2, 0.25) is 0 Å². The number of pyridine rings is 1. The Kier molecular flexibility index (Phi) is 3.12. The van der Waals surface area contributed by atoms with E-state index in [0.29, 0.717) is 17.8 Å². The van der Waals surface area contributed by atoms with Gasteiger partial charge in [0.05, 0.1) is 11.4 Å². The molecular weight excluding hydrogens is 250 g/mol. The molecule has 0 saturated carbocycles. The summed E-state index contributed by atoms with van der Waals surface area (Å²) in [4.78, 5) is 23.2. The number of carboxylic acids is 1. The van der Waals surface area contributed by atoms with Gasteiger partial charge < -0.3 is 10.2 Å². The number of aromatic nitrogens is 3. The van der Waals surface area contributed by atoms with Crippen molar-refractivity contribution in [2.75, 3.05) is 0 Å². The first kappa shape index (κ1) is 12.9. The Morgan fingerprint density at radius 2 is 2.11 bits per heavy atom. The first-order chi connectivity index (χ1) is 8.93. The molecule has 2 aromatic heterocycles. The predicted molar refractivity (Wildman–Crippen MR) is 66.8 cm³/mol. The van der Waals surface area contributed by atoms with E-state index in [-0.39, 0.29) is 11.4 Å². The zero-order valence-electron chi connectivity index (χ0n) is 10.5. The second-order valence-electron chi connectivity index (χ2n) is 4.07. The van der Waals surface area contributed by atoms with Gasteiger partial charge in [0.25, 0.3) is 5.56 Å². The molecule has 0 atom stereocenters. The van der Waals surface area contributed by atoms with E-state index in [1.807, 2.05) is 6.92 Å². The fourth-order valence-electron chi connectivity index (χ4n) is 1.92. The smallest absolute Gasteiger partial charge is 0.353 e.